The Morgan fingerprint density at radius 3 is 2.85 bits per heavy atom. The summed E-state index contributed by atoms with van der Waals surface area (Å²) in [6, 6.07) is 0.653. The van der Waals surface area contributed by atoms with Crippen molar-refractivity contribution in [2.45, 2.75) is 18.9 Å². The van der Waals surface area contributed by atoms with Crippen LogP contribution in [0.25, 0.3) is 0 Å². The predicted molar refractivity (Wildman–Crippen MR) is 51.5 cm³/mol. The van der Waals surface area contributed by atoms with Crippen molar-refractivity contribution >= 4 is 5.82 Å². The molecule has 0 amide bonds. The molecule has 0 atom stereocenters. The average Bonchev–Trinajstić information content (AvgIpc) is 2.99. The zero-order valence-corrected chi connectivity index (χ0v) is 7.56. The van der Waals surface area contributed by atoms with E-state index in [1.165, 1.54) is 12.8 Å². The van der Waals surface area contributed by atoms with Gasteiger partial charge in [-0.25, -0.2) is 4.98 Å². The highest BCUT2D eigenvalue weighted by atomic mass is 15.2. The second-order valence-electron chi connectivity index (χ2n) is 3.28. The molecule has 1 aliphatic rings. The van der Waals surface area contributed by atoms with Gasteiger partial charge in [0.2, 0.25) is 0 Å². The van der Waals surface area contributed by atoms with Crippen LogP contribution in [-0.4, -0.2) is 29.1 Å². The SMILES string of the molecule is NCCN(c1cnccn1)C1CC1. The van der Waals surface area contributed by atoms with E-state index in [1.54, 1.807) is 18.6 Å². The van der Waals surface area contributed by atoms with Crippen LogP contribution in [0.15, 0.2) is 18.6 Å². The van der Waals surface area contributed by atoms with E-state index in [1.807, 2.05) is 0 Å². The molecule has 70 valence electrons. The molecule has 0 saturated heterocycles. The molecule has 0 radical (unpaired) electrons. The third kappa shape index (κ3) is 1.95. The summed E-state index contributed by atoms with van der Waals surface area (Å²) < 4.78 is 0. The Morgan fingerprint density at radius 2 is 2.31 bits per heavy atom. The van der Waals surface area contributed by atoms with Gasteiger partial charge in [0.05, 0.1) is 6.20 Å². The molecule has 1 aliphatic carbocycles. The van der Waals surface area contributed by atoms with E-state index in [0.29, 0.717) is 12.6 Å². The van der Waals surface area contributed by atoms with Gasteiger partial charge in [0, 0.05) is 31.5 Å². The van der Waals surface area contributed by atoms with Gasteiger partial charge >= 0.3 is 0 Å². The van der Waals surface area contributed by atoms with Gasteiger partial charge in [-0.3, -0.25) is 4.98 Å². The van der Waals surface area contributed by atoms with Crippen molar-refractivity contribution in [3.05, 3.63) is 18.6 Å². The van der Waals surface area contributed by atoms with Gasteiger partial charge in [-0.2, -0.15) is 0 Å². The van der Waals surface area contributed by atoms with Crippen molar-refractivity contribution in [2.24, 2.45) is 5.73 Å². The van der Waals surface area contributed by atoms with E-state index in [9.17, 15) is 0 Å². The first-order valence-electron chi connectivity index (χ1n) is 4.64. The Hall–Kier alpha value is -1.16. The molecule has 1 aromatic rings. The summed E-state index contributed by atoms with van der Waals surface area (Å²) in [6.07, 6.45) is 7.74. The van der Waals surface area contributed by atoms with E-state index in [0.717, 1.165) is 12.4 Å². The largest absolute Gasteiger partial charge is 0.351 e. The number of hydrogen-bond donors (Lipinski definition) is 1. The smallest absolute Gasteiger partial charge is 0.147 e. The van der Waals surface area contributed by atoms with Crippen molar-refractivity contribution in [1.29, 1.82) is 0 Å². The third-order valence-corrected chi connectivity index (χ3v) is 2.20. The fourth-order valence-electron chi connectivity index (χ4n) is 1.45. The number of nitrogens with two attached hydrogens (primary N) is 1. The standard InChI is InChI=1S/C9H14N4/c10-3-6-13(8-1-2-8)9-7-11-4-5-12-9/h4-5,7-8H,1-3,6,10H2. The van der Waals surface area contributed by atoms with E-state index in [4.69, 9.17) is 5.73 Å². The van der Waals surface area contributed by atoms with Gasteiger partial charge in [0.15, 0.2) is 0 Å². The maximum atomic E-state index is 5.54. The van der Waals surface area contributed by atoms with Crippen LogP contribution in [0.4, 0.5) is 5.82 Å². The van der Waals surface area contributed by atoms with Crippen molar-refractivity contribution in [1.82, 2.24) is 9.97 Å². The Balaban J connectivity index is 2.10. The normalized spacial score (nSPS) is 15.8. The van der Waals surface area contributed by atoms with Crippen molar-refractivity contribution in [2.75, 3.05) is 18.0 Å². The maximum absolute atomic E-state index is 5.54. The van der Waals surface area contributed by atoms with Crippen LogP contribution in [0.5, 0.6) is 0 Å². The molecule has 1 fully saturated rings. The first-order chi connectivity index (χ1) is 6.42. The number of anilines is 1. The lowest BCUT2D eigenvalue weighted by Gasteiger charge is -2.21. The molecule has 2 N–H and O–H groups in total. The Morgan fingerprint density at radius 1 is 1.46 bits per heavy atom. The van der Waals surface area contributed by atoms with Crippen LogP contribution in [0, 0.1) is 0 Å². The molecule has 1 aromatic heterocycles. The van der Waals surface area contributed by atoms with E-state index < -0.39 is 0 Å². The third-order valence-electron chi connectivity index (χ3n) is 2.20. The zero-order valence-electron chi connectivity index (χ0n) is 7.56. The molecular weight excluding hydrogens is 164 g/mol. The van der Waals surface area contributed by atoms with Crippen LogP contribution < -0.4 is 10.6 Å². The van der Waals surface area contributed by atoms with Gasteiger partial charge in [-0.05, 0) is 12.8 Å². The summed E-state index contributed by atoms with van der Waals surface area (Å²) in [5.41, 5.74) is 5.54. The average molecular weight is 178 g/mol. The summed E-state index contributed by atoms with van der Waals surface area (Å²) in [7, 11) is 0. The molecule has 13 heavy (non-hydrogen) atoms. The van der Waals surface area contributed by atoms with Crippen LogP contribution in [0.3, 0.4) is 0 Å². The highest BCUT2D eigenvalue weighted by Gasteiger charge is 2.29. The van der Waals surface area contributed by atoms with E-state index >= 15 is 0 Å². The Labute approximate surface area is 77.8 Å². The van der Waals surface area contributed by atoms with Crippen molar-refractivity contribution in [3.63, 3.8) is 0 Å². The van der Waals surface area contributed by atoms with Gasteiger partial charge in [-0.1, -0.05) is 0 Å². The second kappa shape index (κ2) is 3.70. The topological polar surface area (TPSA) is 55.0 Å². The molecule has 1 saturated carbocycles. The summed E-state index contributed by atoms with van der Waals surface area (Å²) in [4.78, 5) is 10.6. The van der Waals surface area contributed by atoms with Crippen LogP contribution in [0.2, 0.25) is 0 Å². The Kier molecular flexibility index (Phi) is 2.40. The van der Waals surface area contributed by atoms with E-state index in [-0.39, 0.29) is 0 Å². The molecule has 1 heterocycles. The maximum Gasteiger partial charge on any atom is 0.147 e. The minimum absolute atomic E-state index is 0.653. The molecule has 4 heteroatoms. The molecule has 0 aliphatic heterocycles. The molecule has 0 aromatic carbocycles. The van der Waals surface area contributed by atoms with Gasteiger partial charge < -0.3 is 10.6 Å². The molecule has 2 rings (SSSR count). The molecule has 0 spiro atoms. The molecule has 0 bridgehead atoms. The summed E-state index contributed by atoms with van der Waals surface area (Å²) in [5.74, 6) is 0.954. The number of nitrogens with zero attached hydrogens (tertiary/aromatic N) is 3. The lowest BCUT2D eigenvalue weighted by Crippen LogP contribution is -2.32. The quantitative estimate of drug-likeness (QED) is 0.725. The van der Waals surface area contributed by atoms with Gasteiger partial charge in [0.1, 0.15) is 5.82 Å². The molecular formula is C9H14N4. The van der Waals surface area contributed by atoms with Gasteiger partial charge in [-0.15, -0.1) is 0 Å². The lowest BCUT2D eigenvalue weighted by atomic mass is 10.4. The van der Waals surface area contributed by atoms with Crippen LogP contribution in [0.1, 0.15) is 12.8 Å². The second-order valence-corrected chi connectivity index (χ2v) is 3.28. The van der Waals surface area contributed by atoms with Crippen molar-refractivity contribution in [3.8, 4) is 0 Å². The van der Waals surface area contributed by atoms with Crippen molar-refractivity contribution < 1.29 is 0 Å². The number of aromatic nitrogens is 2. The van der Waals surface area contributed by atoms with E-state index in [2.05, 4.69) is 14.9 Å². The fraction of sp³-hybridized carbons (Fsp3) is 0.556. The lowest BCUT2D eigenvalue weighted by molar-refractivity contribution is 0.768. The summed E-state index contributed by atoms with van der Waals surface area (Å²) in [5, 5.41) is 0. The van der Waals surface area contributed by atoms with Gasteiger partial charge in [0.25, 0.3) is 0 Å². The zero-order chi connectivity index (χ0) is 9.10. The first kappa shape index (κ1) is 8.44. The number of rotatable bonds is 4. The highest BCUT2D eigenvalue weighted by Crippen LogP contribution is 2.29. The van der Waals surface area contributed by atoms with Crippen LogP contribution >= 0.6 is 0 Å². The summed E-state index contributed by atoms with van der Waals surface area (Å²) in [6.45, 7) is 1.55. The molecule has 4 nitrogen and oxygen atoms in total. The monoisotopic (exact) mass is 178 g/mol. The minimum atomic E-state index is 0.653. The van der Waals surface area contributed by atoms with Crippen LogP contribution in [-0.2, 0) is 0 Å². The fourth-order valence-corrected chi connectivity index (χ4v) is 1.45. The minimum Gasteiger partial charge on any atom is -0.351 e. The Bertz CT molecular complexity index is 258. The highest BCUT2D eigenvalue weighted by molar-refractivity contribution is 5.38. The molecule has 0 unspecified atom stereocenters. The predicted octanol–water partition coefficient (Wildman–Crippen LogP) is 0.404. The number of hydrogen-bond acceptors (Lipinski definition) is 4. The first-order valence-corrected chi connectivity index (χ1v) is 4.64. The summed E-state index contributed by atoms with van der Waals surface area (Å²) >= 11 is 0.